The van der Waals surface area contributed by atoms with Gasteiger partial charge in [-0.15, -0.1) is 0 Å². The molecule has 0 spiro atoms. The minimum atomic E-state index is -3.37. The zero-order valence-corrected chi connectivity index (χ0v) is 12.3. The standard InChI is InChI=1S/C12H15BrN2O2S/c13-10-5-12(7-14-6-10)18(16,17)15(11-3-4-11)8-9-1-2-9/h5-7,9,11H,1-4,8H2. The SMILES string of the molecule is O=S(=O)(c1cncc(Br)c1)N(CC1CC1)C1CC1. The molecule has 1 heterocycles. The van der Waals surface area contributed by atoms with Crippen molar-refractivity contribution in [1.29, 1.82) is 0 Å². The molecule has 0 saturated heterocycles. The van der Waals surface area contributed by atoms with Crippen molar-refractivity contribution in [3.8, 4) is 0 Å². The molecule has 0 unspecified atom stereocenters. The number of hydrogen-bond acceptors (Lipinski definition) is 3. The lowest BCUT2D eigenvalue weighted by Gasteiger charge is -2.21. The lowest BCUT2D eigenvalue weighted by Crippen LogP contribution is -2.35. The number of hydrogen-bond donors (Lipinski definition) is 0. The van der Waals surface area contributed by atoms with E-state index in [9.17, 15) is 8.42 Å². The molecule has 2 aliphatic rings. The van der Waals surface area contributed by atoms with Gasteiger partial charge in [-0.05, 0) is 53.6 Å². The molecule has 2 saturated carbocycles. The Balaban J connectivity index is 1.90. The van der Waals surface area contributed by atoms with Gasteiger partial charge in [0.25, 0.3) is 0 Å². The number of rotatable bonds is 5. The summed E-state index contributed by atoms with van der Waals surface area (Å²) >= 11 is 3.27. The van der Waals surface area contributed by atoms with Crippen molar-refractivity contribution in [2.24, 2.45) is 5.92 Å². The predicted octanol–water partition coefficient (Wildman–Crippen LogP) is 2.41. The van der Waals surface area contributed by atoms with Crippen LogP contribution in [0.5, 0.6) is 0 Å². The molecule has 2 aliphatic carbocycles. The monoisotopic (exact) mass is 330 g/mol. The summed E-state index contributed by atoms with van der Waals surface area (Å²) in [4.78, 5) is 4.25. The van der Waals surface area contributed by atoms with Crippen LogP contribution in [0.15, 0.2) is 27.8 Å². The Morgan fingerprint density at radius 2 is 2.00 bits per heavy atom. The molecule has 0 bridgehead atoms. The summed E-state index contributed by atoms with van der Waals surface area (Å²) in [7, 11) is -3.37. The van der Waals surface area contributed by atoms with E-state index in [0.29, 0.717) is 21.8 Å². The molecule has 18 heavy (non-hydrogen) atoms. The maximum absolute atomic E-state index is 12.6. The van der Waals surface area contributed by atoms with E-state index >= 15 is 0 Å². The molecule has 2 fully saturated rings. The van der Waals surface area contributed by atoms with Crippen LogP contribution in [-0.2, 0) is 10.0 Å². The number of pyridine rings is 1. The highest BCUT2D eigenvalue weighted by Crippen LogP contribution is 2.38. The van der Waals surface area contributed by atoms with Crippen LogP contribution in [0.25, 0.3) is 0 Å². The van der Waals surface area contributed by atoms with Gasteiger partial charge in [-0.2, -0.15) is 4.31 Å². The van der Waals surface area contributed by atoms with Crippen LogP contribution in [0.4, 0.5) is 0 Å². The molecule has 0 radical (unpaired) electrons. The second-order valence-electron chi connectivity index (χ2n) is 5.09. The quantitative estimate of drug-likeness (QED) is 0.833. The van der Waals surface area contributed by atoms with Crippen molar-refractivity contribution >= 4 is 26.0 Å². The summed E-state index contributed by atoms with van der Waals surface area (Å²) in [6.07, 6.45) is 7.34. The lowest BCUT2D eigenvalue weighted by molar-refractivity contribution is 0.388. The molecule has 4 nitrogen and oxygen atoms in total. The predicted molar refractivity (Wildman–Crippen MR) is 71.6 cm³/mol. The maximum Gasteiger partial charge on any atom is 0.244 e. The van der Waals surface area contributed by atoms with Gasteiger partial charge in [-0.25, -0.2) is 8.42 Å². The molecular formula is C12H15BrN2O2S. The van der Waals surface area contributed by atoms with Crippen molar-refractivity contribution in [2.45, 2.75) is 36.6 Å². The van der Waals surface area contributed by atoms with Crippen molar-refractivity contribution in [1.82, 2.24) is 9.29 Å². The number of halogens is 1. The van der Waals surface area contributed by atoms with E-state index in [1.54, 1.807) is 16.6 Å². The Morgan fingerprint density at radius 3 is 2.56 bits per heavy atom. The van der Waals surface area contributed by atoms with Gasteiger partial charge >= 0.3 is 0 Å². The van der Waals surface area contributed by atoms with Crippen LogP contribution in [0.2, 0.25) is 0 Å². The third-order valence-corrected chi connectivity index (χ3v) is 5.69. The minimum absolute atomic E-state index is 0.217. The molecule has 6 heteroatoms. The van der Waals surface area contributed by atoms with Gasteiger partial charge in [0, 0.05) is 29.5 Å². The first kappa shape index (κ1) is 12.6. The van der Waals surface area contributed by atoms with E-state index in [1.165, 1.54) is 6.20 Å². The van der Waals surface area contributed by atoms with Crippen molar-refractivity contribution in [3.05, 3.63) is 22.9 Å². The van der Waals surface area contributed by atoms with E-state index in [1.807, 2.05) is 0 Å². The van der Waals surface area contributed by atoms with Crippen molar-refractivity contribution < 1.29 is 8.42 Å². The van der Waals surface area contributed by atoms with Crippen LogP contribution >= 0.6 is 15.9 Å². The molecule has 0 aromatic carbocycles. The molecule has 1 aromatic heterocycles. The summed E-state index contributed by atoms with van der Waals surface area (Å²) in [6.45, 7) is 0.680. The Labute approximate surface area is 116 Å². The van der Waals surface area contributed by atoms with Gasteiger partial charge in [0.1, 0.15) is 4.90 Å². The largest absolute Gasteiger partial charge is 0.262 e. The van der Waals surface area contributed by atoms with Crippen molar-refractivity contribution in [3.63, 3.8) is 0 Å². The van der Waals surface area contributed by atoms with E-state index in [0.717, 1.165) is 25.7 Å². The van der Waals surface area contributed by atoms with Gasteiger partial charge < -0.3 is 0 Å². The molecule has 0 atom stereocenters. The Hall–Kier alpha value is -0.460. The van der Waals surface area contributed by atoms with E-state index < -0.39 is 10.0 Å². The van der Waals surface area contributed by atoms with Crippen LogP contribution in [0, 0.1) is 5.92 Å². The second kappa shape index (κ2) is 4.58. The maximum atomic E-state index is 12.6. The van der Waals surface area contributed by atoms with E-state index in [-0.39, 0.29) is 6.04 Å². The van der Waals surface area contributed by atoms with Crippen LogP contribution < -0.4 is 0 Å². The molecule has 98 valence electrons. The van der Waals surface area contributed by atoms with Gasteiger partial charge in [0.15, 0.2) is 0 Å². The lowest BCUT2D eigenvalue weighted by atomic mass is 10.4. The summed E-state index contributed by atoms with van der Waals surface area (Å²) < 4.78 is 27.6. The van der Waals surface area contributed by atoms with Gasteiger partial charge in [0.05, 0.1) is 0 Å². The fraction of sp³-hybridized carbons (Fsp3) is 0.583. The summed E-state index contributed by atoms with van der Waals surface area (Å²) in [5, 5.41) is 0. The molecule has 0 aliphatic heterocycles. The first-order valence-electron chi connectivity index (χ1n) is 6.20. The zero-order chi connectivity index (χ0) is 12.8. The fourth-order valence-corrected chi connectivity index (χ4v) is 4.30. The minimum Gasteiger partial charge on any atom is -0.262 e. The van der Waals surface area contributed by atoms with Crippen LogP contribution in [-0.4, -0.2) is 30.3 Å². The van der Waals surface area contributed by atoms with Crippen LogP contribution in [0.3, 0.4) is 0 Å². The van der Waals surface area contributed by atoms with Gasteiger partial charge in [-0.1, -0.05) is 0 Å². The number of aromatic nitrogens is 1. The normalized spacial score (nSPS) is 20.3. The Bertz CT molecular complexity index is 553. The molecule has 0 amide bonds. The number of sulfonamides is 1. The summed E-state index contributed by atoms with van der Waals surface area (Å²) in [5.41, 5.74) is 0. The number of nitrogens with zero attached hydrogens (tertiary/aromatic N) is 2. The van der Waals surface area contributed by atoms with Crippen molar-refractivity contribution in [2.75, 3.05) is 6.54 Å². The highest BCUT2D eigenvalue weighted by atomic mass is 79.9. The first-order chi connectivity index (χ1) is 8.57. The third-order valence-electron chi connectivity index (χ3n) is 3.38. The third kappa shape index (κ3) is 2.60. The van der Waals surface area contributed by atoms with E-state index in [2.05, 4.69) is 20.9 Å². The topological polar surface area (TPSA) is 50.3 Å². The van der Waals surface area contributed by atoms with Gasteiger partial charge in [-0.3, -0.25) is 4.98 Å². The average molecular weight is 331 g/mol. The summed E-state index contributed by atoms with van der Waals surface area (Å²) in [5.74, 6) is 0.570. The first-order valence-corrected chi connectivity index (χ1v) is 8.43. The van der Waals surface area contributed by atoms with Crippen LogP contribution in [0.1, 0.15) is 25.7 Å². The smallest absolute Gasteiger partial charge is 0.244 e. The highest BCUT2D eigenvalue weighted by molar-refractivity contribution is 9.10. The molecule has 3 rings (SSSR count). The highest BCUT2D eigenvalue weighted by Gasteiger charge is 2.41. The second-order valence-corrected chi connectivity index (χ2v) is 7.89. The Morgan fingerprint density at radius 1 is 1.28 bits per heavy atom. The zero-order valence-electron chi connectivity index (χ0n) is 9.92. The molecule has 1 aromatic rings. The molecule has 0 N–H and O–H groups in total. The molecular weight excluding hydrogens is 316 g/mol. The van der Waals surface area contributed by atoms with E-state index in [4.69, 9.17) is 0 Å². The fourth-order valence-electron chi connectivity index (χ4n) is 2.03. The Kier molecular flexibility index (Phi) is 3.20. The average Bonchev–Trinajstić information content (AvgIpc) is 3.18. The summed E-state index contributed by atoms with van der Waals surface area (Å²) in [6, 6.07) is 1.85. The van der Waals surface area contributed by atoms with Gasteiger partial charge in [0.2, 0.25) is 10.0 Å².